The predicted molar refractivity (Wildman–Crippen MR) is 96.7 cm³/mol. The van der Waals surface area contributed by atoms with Gasteiger partial charge in [-0.1, -0.05) is 35.0 Å². The van der Waals surface area contributed by atoms with Crippen LogP contribution in [-0.4, -0.2) is 26.4 Å². The maximum atomic E-state index is 13.8. The van der Waals surface area contributed by atoms with Gasteiger partial charge in [0.05, 0.1) is 22.9 Å². The zero-order chi connectivity index (χ0) is 18.2. The first kappa shape index (κ1) is 18.9. The van der Waals surface area contributed by atoms with E-state index in [1.165, 1.54) is 23.9 Å². The average molecular weight is 403 g/mol. The van der Waals surface area contributed by atoms with Gasteiger partial charge in [-0.3, -0.25) is 0 Å². The number of aryl methyl sites for hydroxylation is 1. The highest BCUT2D eigenvalue weighted by Crippen LogP contribution is 2.40. The summed E-state index contributed by atoms with van der Waals surface area (Å²) in [5, 5.41) is 21.5. The second-order valence-corrected chi connectivity index (χ2v) is 7.61. The third-order valence-electron chi connectivity index (χ3n) is 4.51. The summed E-state index contributed by atoms with van der Waals surface area (Å²) >= 11 is 13.4. The van der Waals surface area contributed by atoms with Crippen LogP contribution in [0, 0.1) is 5.82 Å². The first-order valence-corrected chi connectivity index (χ1v) is 9.77. The number of thioether (sulfide) groups is 1. The van der Waals surface area contributed by atoms with Crippen LogP contribution in [0.15, 0.2) is 17.3 Å². The van der Waals surface area contributed by atoms with Crippen molar-refractivity contribution in [3.63, 3.8) is 0 Å². The average Bonchev–Trinajstić information content (AvgIpc) is 2.56. The minimum Gasteiger partial charge on any atom is -0.391 e. The molecule has 0 fully saturated rings. The minimum absolute atomic E-state index is 0.0213. The lowest BCUT2D eigenvalue weighted by Crippen LogP contribution is -2.34. The topological polar surface area (TPSA) is 66.2 Å². The lowest BCUT2D eigenvalue weighted by atomic mass is 9.76. The molecule has 1 atom stereocenters. The number of benzene rings is 1. The Morgan fingerprint density at radius 3 is 2.76 bits per heavy atom. The van der Waals surface area contributed by atoms with Crippen molar-refractivity contribution in [1.29, 1.82) is 0 Å². The first-order valence-electron chi connectivity index (χ1n) is 7.79. The molecule has 134 valence electrons. The summed E-state index contributed by atoms with van der Waals surface area (Å²) in [4.78, 5) is 8.53. The van der Waals surface area contributed by atoms with Gasteiger partial charge in [0.15, 0.2) is 5.16 Å². The van der Waals surface area contributed by atoms with E-state index in [0.717, 1.165) is 5.56 Å². The van der Waals surface area contributed by atoms with Gasteiger partial charge in [0.2, 0.25) is 0 Å². The number of hydrogen-bond donors (Lipinski definition) is 2. The lowest BCUT2D eigenvalue weighted by molar-refractivity contribution is 0.0174. The Morgan fingerprint density at radius 2 is 2.08 bits per heavy atom. The normalized spacial score (nSPS) is 19.8. The van der Waals surface area contributed by atoms with Crippen LogP contribution in [0.1, 0.15) is 35.2 Å². The van der Waals surface area contributed by atoms with Crippen molar-refractivity contribution in [2.24, 2.45) is 0 Å². The highest BCUT2D eigenvalue weighted by molar-refractivity contribution is 7.98. The highest BCUT2D eigenvalue weighted by atomic mass is 35.5. The Kier molecular flexibility index (Phi) is 5.56. The van der Waals surface area contributed by atoms with Crippen LogP contribution < -0.4 is 0 Å². The van der Waals surface area contributed by atoms with Crippen molar-refractivity contribution in [2.75, 3.05) is 6.26 Å². The van der Waals surface area contributed by atoms with Crippen LogP contribution in [-0.2, 0) is 25.0 Å². The molecule has 0 amide bonds. The second kappa shape index (κ2) is 7.37. The van der Waals surface area contributed by atoms with Crippen LogP contribution in [0.4, 0.5) is 4.39 Å². The molecule has 0 spiro atoms. The first-order chi connectivity index (χ1) is 11.9. The smallest absolute Gasteiger partial charge is 0.188 e. The molecule has 0 bridgehead atoms. The van der Waals surface area contributed by atoms with Gasteiger partial charge in [0.1, 0.15) is 11.0 Å². The third-order valence-corrected chi connectivity index (χ3v) is 5.66. The van der Waals surface area contributed by atoms with E-state index in [4.69, 9.17) is 23.2 Å². The molecule has 1 aliphatic rings. The number of fused-ring (bicyclic) bond motifs is 1. The summed E-state index contributed by atoms with van der Waals surface area (Å²) in [6.45, 7) is -0.323. The van der Waals surface area contributed by atoms with Gasteiger partial charge < -0.3 is 10.2 Å². The number of halogens is 3. The van der Waals surface area contributed by atoms with Crippen LogP contribution >= 0.6 is 35.0 Å². The molecule has 1 aliphatic carbocycles. The minimum atomic E-state index is -1.25. The van der Waals surface area contributed by atoms with Gasteiger partial charge in [-0.15, -0.1) is 0 Å². The number of aliphatic hydroxyl groups excluding tert-OH is 1. The van der Waals surface area contributed by atoms with Crippen molar-refractivity contribution in [3.05, 3.63) is 50.5 Å². The monoisotopic (exact) mass is 402 g/mol. The van der Waals surface area contributed by atoms with Crippen molar-refractivity contribution in [3.8, 4) is 0 Å². The van der Waals surface area contributed by atoms with Crippen LogP contribution in [0.5, 0.6) is 0 Å². The third kappa shape index (κ3) is 3.64. The molecule has 2 aromatic rings. The van der Waals surface area contributed by atoms with Crippen LogP contribution in [0.3, 0.4) is 0 Å². The fourth-order valence-corrected chi connectivity index (χ4v) is 4.11. The molecule has 1 heterocycles. The molecule has 1 unspecified atom stereocenters. The van der Waals surface area contributed by atoms with Crippen LogP contribution in [0.25, 0.3) is 0 Å². The van der Waals surface area contributed by atoms with E-state index in [1.54, 1.807) is 0 Å². The standard InChI is InChI=1S/C17H17Cl2FN2O2S/c1-25-16-21-14(10(8-23)15(19)22-16)7-17(24)4-2-3-9-5-13(20)12(18)6-11(9)17/h5-6,23-24H,2-4,7-8H2,1H3. The van der Waals surface area contributed by atoms with E-state index in [-0.39, 0.29) is 23.2 Å². The number of rotatable bonds is 4. The summed E-state index contributed by atoms with van der Waals surface area (Å²) in [5.41, 5.74) is 0.985. The van der Waals surface area contributed by atoms with E-state index in [0.29, 0.717) is 41.2 Å². The zero-order valence-electron chi connectivity index (χ0n) is 13.5. The molecule has 2 N–H and O–H groups in total. The molecule has 3 rings (SSSR count). The molecule has 8 heteroatoms. The fraction of sp³-hybridized carbons (Fsp3) is 0.412. The van der Waals surface area contributed by atoms with Crippen LogP contribution in [0.2, 0.25) is 10.2 Å². The zero-order valence-corrected chi connectivity index (χ0v) is 15.8. The molecular weight excluding hydrogens is 386 g/mol. The van der Waals surface area contributed by atoms with E-state index < -0.39 is 11.4 Å². The summed E-state index contributed by atoms with van der Waals surface area (Å²) in [7, 11) is 0. The van der Waals surface area contributed by atoms with Gasteiger partial charge in [-0.2, -0.15) is 0 Å². The van der Waals surface area contributed by atoms with E-state index in [2.05, 4.69) is 9.97 Å². The van der Waals surface area contributed by atoms with Crippen molar-refractivity contribution < 1.29 is 14.6 Å². The van der Waals surface area contributed by atoms with Gasteiger partial charge in [0, 0.05) is 12.0 Å². The fourth-order valence-electron chi connectivity index (χ4n) is 3.27. The Hall–Kier alpha value is -0.920. The lowest BCUT2D eigenvalue weighted by Gasteiger charge is -2.35. The largest absolute Gasteiger partial charge is 0.391 e. The number of hydrogen-bond acceptors (Lipinski definition) is 5. The van der Waals surface area contributed by atoms with Crippen molar-refractivity contribution in [2.45, 2.75) is 43.0 Å². The molecule has 1 aromatic carbocycles. The summed E-state index contributed by atoms with van der Waals surface area (Å²) < 4.78 is 13.8. The molecule has 4 nitrogen and oxygen atoms in total. The molecule has 0 saturated carbocycles. The van der Waals surface area contributed by atoms with Gasteiger partial charge in [-0.25, -0.2) is 14.4 Å². The Balaban J connectivity index is 2.07. The molecule has 0 aliphatic heterocycles. The molecular formula is C17H17Cl2FN2O2S. The maximum Gasteiger partial charge on any atom is 0.188 e. The Bertz CT molecular complexity index is 822. The SMILES string of the molecule is CSc1nc(Cl)c(CO)c(CC2(O)CCCc3cc(F)c(Cl)cc32)n1. The quantitative estimate of drug-likeness (QED) is 0.461. The van der Waals surface area contributed by atoms with Gasteiger partial charge in [-0.05, 0) is 48.8 Å². The van der Waals surface area contributed by atoms with Crippen molar-refractivity contribution >= 4 is 35.0 Å². The predicted octanol–water partition coefficient (Wildman–Crippen LogP) is 3.90. The summed E-state index contributed by atoms with van der Waals surface area (Å²) in [6, 6.07) is 2.87. The van der Waals surface area contributed by atoms with Crippen molar-refractivity contribution in [1.82, 2.24) is 9.97 Å². The number of aromatic nitrogens is 2. The van der Waals surface area contributed by atoms with Gasteiger partial charge >= 0.3 is 0 Å². The maximum absolute atomic E-state index is 13.8. The molecule has 1 aromatic heterocycles. The summed E-state index contributed by atoms with van der Waals surface area (Å²) in [6.07, 6.45) is 3.85. The Morgan fingerprint density at radius 1 is 1.32 bits per heavy atom. The van der Waals surface area contributed by atoms with E-state index in [1.807, 2.05) is 6.26 Å². The molecule has 0 saturated heterocycles. The number of aliphatic hydroxyl groups is 2. The van der Waals surface area contributed by atoms with E-state index >= 15 is 0 Å². The molecule has 0 radical (unpaired) electrons. The number of nitrogens with zero attached hydrogens (tertiary/aromatic N) is 2. The molecule has 25 heavy (non-hydrogen) atoms. The van der Waals surface area contributed by atoms with E-state index in [9.17, 15) is 14.6 Å². The highest BCUT2D eigenvalue weighted by Gasteiger charge is 2.37. The summed E-state index contributed by atoms with van der Waals surface area (Å²) in [5.74, 6) is -0.490. The van der Waals surface area contributed by atoms with Gasteiger partial charge in [0.25, 0.3) is 0 Å². The Labute approximate surface area is 159 Å². The second-order valence-electron chi connectivity index (χ2n) is 6.07.